The van der Waals surface area contributed by atoms with Gasteiger partial charge in [0.2, 0.25) is 0 Å². The first kappa shape index (κ1) is 13.6. The lowest BCUT2D eigenvalue weighted by Crippen LogP contribution is -2.22. The lowest BCUT2D eigenvalue weighted by atomic mass is 10.2. The lowest BCUT2D eigenvalue weighted by Gasteiger charge is -2.13. The summed E-state index contributed by atoms with van der Waals surface area (Å²) in [6.07, 6.45) is 3.27. The predicted molar refractivity (Wildman–Crippen MR) is 70.3 cm³/mol. The summed E-state index contributed by atoms with van der Waals surface area (Å²) < 4.78 is 11.9. The average Bonchev–Trinajstić information content (AvgIpc) is 3.00. The second kappa shape index (κ2) is 5.89. The SMILES string of the molecule is COc1cc(C#N)ccc1OC(=O)C(C)n1cccn1. The number of nitriles is 1. The molecule has 0 spiro atoms. The van der Waals surface area contributed by atoms with Gasteiger partial charge in [0.1, 0.15) is 6.04 Å². The zero-order chi connectivity index (χ0) is 14.5. The van der Waals surface area contributed by atoms with Crippen molar-refractivity contribution in [1.82, 2.24) is 9.78 Å². The van der Waals surface area contributed by atoms with Crippen LogP contribution in [0, 0.1) is 11.3 Å². The first-order chi connectivity index (χ1) is 9.65. The normalized spacial score (nSPS) is 11.4. The summed E-state index contributed by atoms with van der Waals surface area (Å²) in [6, 6.07) is 7.78. The van der Waals surface area contributed by atoms with Crippen LogP contribution < -0.4 is 9.47 Å². The van der Waals surface area contributed by atoms with Crippen LogP contribution in [0.3, 0.4) is 0 Å². The van der Waals surface area contributed by atoms with Crippen LogP contribution >= 0.6 is 0 Å². The van der Waals surface area contributed by atoms with Crippen molar-refractivity contribution in [3.05, 3.63) is 42.2 Å². The summed E-state index contributed by atoms with van der Waals surface area (Å²) in [4.78, 5) is 12.0. The van der Waals surface area contributed by atoms with Gasteiger partial charge in [0.05, 0.1) is 18.7 Å². The van der Waals surface area contributed by atoms with Gasteiger partial charge in [-0.25, -0.2) is 4.79 Å². The molecule has 0 aliphatic rings. The third-order valence-corrected chi connectivity index (χ3v) is 2.77. The van der Waals surface area contributed by atoms with Crippen LogP contribution in [0.5, 0.6) is 11.5 Å². The molecule has 1 aromatic heterocycles. The Kier molecular flexibility index (Phi) is 4.01. The summed E-state index contributed by atoms with van der Waals surface area (Å²) in [5.74, 6) is 0.150. The molecule has 0 saturated carbocycles. The lowest BCUT2D eigenvalue weighted by molar-refractivity contribution is -0.138. The van der Waals surface area contributed by atoms with Crippen molar-refractivity contribution in [1.29, 1.82) is 5.26 Å². The van der Waals surface area contributed by atoms with Crippen molar-refractivity contribution in [2.45, 2.75) is 13.0 Å². The van der Waals surface area contributed by atoms with Crippen molar-refractivity contribution in [2.24, 2.45) is 0 Å². The highest BCUT2D eigenvalue weighted by molar-refractivity contribution is 5.77. The van der Waals surface area contributed by atoms with Crippen LogP contribution in [0.15, 0.2) is 36.7 Å². The van der Waals surface area contributed by atoms with Crippen molar-refractivity contribution < 1.29 is 14.3 Å². The van der Waals surface area contributed by atoms with E-state index in [1.165, 1.54) is 23.9 Å². The van der Waals surface area contributed by atoms with E-state index in [9.17, 15) is 4.79 Å². The van der Waals surface area contributed by atoms with Crippen LogP contribution in [-0.4, -0.2) is 22.9 Å². The topological polar surface area (TPSA) is 77.1 Å². The molecule has 0 amide bonds. The van der Waals surface area contributed by atoms with E-state index in [4.69, 9.17) is 14.7 Å². The van der Waals surface area contributed by atoms with Gasteiger partial charge in [-0.1, -0.05) is 0 Å². The van der Waals surface area contributed by atoms with Gasteiger partial charge in [-0.05, 0) is 25.1 Å². The van der Waals surface area contributed by atoms with E-state index in [0.29, 0.717) is 11.3 Å². The Labute approximate surface area is 116 Å². The maximum absolute atomic E-state index is 12.0. The maximum atomic E-state index is 12.0. The average molecular weight is 271 g/mol. The van der Waals surface area contributed by atoms with E-state index in [0.717, 1.165) is 0 Å². The van der Waals surface area contributed by atoms with E-state index in [2.05, 4.69) is 5.10 Å². The highest BCUT2D eigenvalue weighted by atomic mass is 16.6. The number of carbonyl (C=O) groups is 1. The second-order valence-corrected chi connectivity index (χ2v) is 4.06. The largest absolute Gasteiger partial charge is 0.493 e. The third-order valence-electron chi connectivity index (χ3n) is 2.77. The van der Waals surface area contributed by atoms with Crippen LogP contribution in [0.2, 0.25) is 0 Å². The molecule has 1 aromatic carbocycles. The van der Waals surface area contributed by atoms with Gasteiger partial charge in [0.15, 0.2) is 11.5 Å². The van der Waals surface area contributed by atoms with Crippen molar-refractivity contribution in [2.75, 3.05) is 7.11 Å². The summed E-state index contributed by atoms with van der Waals surface area (Å²) >= 11 is 0. The minimum Gasteiger partial charge on any atom is -0.493 e. The number of methoxy groups -OCH3 is 1. The van der Waals surface area contributed by atoms with Gasteiger partial charge in [-0.3, -0.25) is 4.68 Å². The number of nitrogens with zero attached hydrogens (tertiary/aromatic N) is 3. The molecule has 6 nitrogen and oxygen atoms in total. The summed E-state index contributed by atoms with van der Waals surface area (Å²) in [7, 11) is 1.45. The summed E-state index contributed by atoms with van der Waals surface area (Å²) in [5, 5.41) is 12.8. The van der Waals surface area contributed by atoms with Gasteiger partial charge in [0.25, 0.3) is 0 Å². The molecule has 0 saturated heterocycles. The second-order valence-electron chi connectivity index (χ2n) is 4.06. The molecule has 0 aliphatic heterocycles. The van der Waals surface area contributed by atoms with E-state index in [1.54, 1.807) is 31.5 Å². The molecule has 0 N–H and O–H groups in total. The smallest absolute Gasteiger partial charge is 0.336 e. The molecule has 102 valence electrons. The van der Waals surface area contributed by atoms with E-state index in [-0.39, 0.29) is 5.75 Å². The zero-order valence-electron chi connectivity index (χ0n) is 11.1. The first-order valence-corrected chi connectivity index (χ1v) is 5.94. The molecule has 0 bridgehead atoms. The number of carbonyl (C=O) groups excluding carboxylic acids is 1. The van der Waals surface area contributed by atoms with Gasteiger partial charge in [0, 0.05) is 18.5 Å². The minimum atomic E-state index is -0.551. The molecule has 1 atom stereocenters. The van der Waals surface area contributed by atoms with Crippen LogP contribution in [0.25, 0.3) is 0 Å². The fourth-order valence-electron chi connectivity index (χ4n) is 1.63. The van der Waals surface area contributed by atoms with Gasteiger partial charge >= 0.3 is 5.97 Å². The Morgan fingerprint density at radius 2 is 2.25 bits per heavy atom. The van der Waals surface area contributed by atoms with Crippen LogP contribution in [0.4, 0.5) is 0 Å². The Morgan fingerprint density at radius 3 is 2.85 bits per heavy atom. The van der Waals surface area contributed by atoms with E-state index < -0.39 is 12.0 Å². The molecular weight excluding hydrogens is 258 g/mol. The Bertz CT molecular complexity index is 644. The van der Waals surface area contributed by atoms with Crippen LogP contribution in [-0.2, 0) is 4.79 Å². The third kappa shape index (κ3) is 2.78. The van der Waals surface area contributed by atoms with E-state index >= 15 is 0 Å². The molecule has 2 rings (SSSR count). The summed E-state index contributed by atoms with van der Waals surface area (Å²) in [6.45, 7) is 1.69. The fraction of sp³-hybridized carbons (Fsp3) is 0.214. The number of hydrogen-bond acceptors (Lipinski definition) is 5. The number of esters is 1. The molecule has 0 radical (unpaired) electrons. The quantitative estimate of drug-likeness (QED) is 0.627. The Balaban J connectivity index is 2.18. The number of rotatable bonds is 4. The molecule has 0 fully saturated rings. The standard InChI is InChI=1S/C14H13N3O3/c1-10(17-7-3-6-16-17)14(18)20-12-5-4-11(9-15)8-13(12)19-2/h3-8,10H,1-2H3. The maximum Gasteiger partial charge on any atom is 0.336 e. The first-order valence-electron chi connectivity index (χ1n) is 5.94. The Hall–Kier alpha value is -2.81. The number of ether oxygens (including phenoxy) is 2. The molecule has 1 unspecified atom stereocenters. The van der Waals surface area contributed by atoms with Crippen LogP contribution in [0.1, 0.15) is 18.5 Å². The Morgan fingerprint density at radius 1 is 1.45 bits per heavy atom. The predicted octanol–water partition coefficient (Wildman–Crippen LogP) is 1.93. The minimum absolute atomic E-state index is 0.274. The molecule has 6 heteroatoms. The van der Waals surface area contributed by atoms with Gasteiger partial charge < -0.3 is 9.47 Å². The molecule has 2 aromatic rings. The van der Waals surface area contributed by atoms with Gasteiger partial charge in [-0.2, -0.15) is 10.4 Å². The van der Waals surface area contributed by atoms with Crippen molar-refractivity contribution >= 4 is 5.97 Å². The molecule has 1 heterocycles. The highest BCUT2D eigenvalue weighted by Gasteiger charge is 2.19. The van der Waals surface area contributed by atoms with Gasteiger partial charge in [-0.15, -0.1) is 0 Å². The van der Waals surface area contributed by atoms with E-state index in [1.807, 2.05) is 6.07 Å². The fourth-order valence-corrected chi connectivity index (χ4v) is 1.63. The summed E-state index contributed by atoms with van der Waals surface area (Å²) in [5.41, 5.74) is 0.432. The molecule has 0 aliphatic carbocycles. The number of aromatic nitrogens is 2. The molecular formula is C14H13N3O3. The monoisotopic (exact) mass is 271 g/mol. The van der Waals surface area contributed by atoms with Crippen molar-refractivity contribution in [3.63, 3.8) is 0 Å². The molecule has 20 heavy (non-hydrogen) atoms. The van der Waals surface area contributed by atoms with Crippen molar-refractivity contribution in [3.8, 4) is 17.6 Å². The highest BCUT2D eigenvalue weighted by Crippen LogP contribution is 2.28. The number of hydrogen-bond donors (Lipinski definition) is 0. The zero-order valence-corrected chi connectivity index (χ0v) is 11.1. The number of benzene rings is 1.